The largest absolute Gasteiger partial charge is 0.368 e. The van der Waals surface area contributed by atoms with Gasteiger partial charge >= 0.3 is 0 Å². The summed E-state index contributed by atoms with van der Waals surface area (Å²) in [7, 11) is 0. The molecule has 1 saturated carbocycles. The summed E-state index contributed by atoms with van der Waals surface area (Å²) in [4.78, 5) is 23.3. The standard InChI is InChI=1S/C31H42N4O/c36-31(30-11-6-16-35(30)24-25-7-2-1-3-8-25)34-21-19-33(20-22-34)29-13-12-26-14-17-32(18-15-27(26)23-29)28-9-4-5-10-28/h1-3,7-8,12-13,23,28,30H,4-6,9-11,14-22,24H2/t30-/m1/s1. The molecule has 0 N–H and O–H groups in total. The number of anilines is 1. The number of hydrogen-bond acceptors (Lipinski definition) is 4. The lowest BCUT2D eigenvalue weighted by atomic mass is 10.0. The lowest BCUT2D eigenvalue weighted by molar-refractivity contribution is -0.136. The van der Waals surface area contributed by atoms with E-state index in [-0.39, 0.29) is 6.04 Å². The van der Waals surface area contributed by atoms with Crippen LogP contribution in [0.15, 0.2) is 48.5 Å². The third kappa shape index (κ3) is 5.19. The summed E-state index contributed by atoms with van der Waals surface area (Å²) in [5, 5.41) is 0. The van der Waals surface area contributed by atoms with E-state index in [0.717, 1.165) is 58.2 Å². The summed E-state index contributed by atoms with van der Waals surface area (Å²) < 4.78 is 0. The van der Waals surface area contributed by atoms with Gasteiger partial charge in [-0.3, -0.25) is 14.6 Å². The van der Waals surface area contributed by atoms with E-state index in [4.69, 9.17) is 0 Å². The van der Waals surface area contributed by atoms with Crippen LogP contribution in [0.3, 0.4) is 0 Å². The predicted octanol–water partition coefficient (Wildman–Crippen LogP) is 4.34. The molecule has 5 heteroatoms. The van der Waals surface area contributed by atoms with Crippen LogP contribution in [0, 0.1) is 0 Å². The van der Waals surface area contributed by atoms with Crippen molar-refractivity contribution in [2.45, 2.75) is 70.0 Å². The average molecular weight is 487 g/mol. The van der Waals surface area contributed by atoms with E-state index in [1.807, 2.05) is 0 Å². The highest BCUT2D eigenvalue weighted by molar-refractivity contribution is 5.82. The Morgan fingerprint density at radius 2 is 1.50 bits per heavy atom. The molecule has 0 aromatic heterocycles. The summed E-state index contributed by atoms with van der Waals surface area (Å²) in [6.45, 7) is 7.88. The molecule has 0 bridgehead atoms. The molecular weight excluding hydrogens is 444 g/mol. The molecule has 3 aliphatic heterocycles. The van der Waals surface area contributed by atoms with Gasteiger partial charge in [0.05, 0.1) is 6.04 Å². The van der Waals surface area contributed by atoms with Crippen LogP contribution in [0.4, 0.5) is 5.69 Å². The van der Waals surface area contributed by atoms with Gasteiger partial charge in [0, 0.05) is 57.5 Å². The first-order valence-electron chi connectivity index (χ1n) is 14.4. The van der Waals surface area contributed by atoms with Gasteiger partial charge < -0.3 is 9.80 Å². The second kappa shape index (κ2) is 10.9. The molecule has 1 atom stereocenters. The number of piperazine rings is 1. The van der Waals surface area contributed by atoms with Crippen molar-refractivity contribution in [2.24, 2.45) is 0 Å². The minimum absolute atomic E-state index is 0.0482. The first-order valence-corrected chi connectivity index (χ1v) is 14.4. The van der Waals surface area contributed by atoms with E-state index < -0.39 is 0 Å². The molecular formula is C31H42N4O. The highest BCUT2D eigenvalue weighted by Gasteiger charge is 2.35. The van der Waals surface area contributed by atoms with E-state index >= 15 is 0 Å². The normalized spacial score (nSPS) is 24.2. The van der Waals surface area contributed by atoms with Crippen molar-refractivity contribution in [3.63, 3.8) is 0 Å². The summed E-state index contributed by atoms with van der Waals surface area (Å²) in [6, 6.07) is 18.6. The van der Waals surface area contributed by atoms with E-state index in [2.05, 4.69) is 68.1 Å². The predicted molar refractivity (Wildman–Crippen MR) is 146 cm³/mol. The second-order valence-electron chi connectivity index (χ2n) is 11.4. The molecule has 3 heterocycles. The van der Waals surface area contributed by atoms with Crippen molar-refractivity contribution in [2.75, 3.05) is 50.7 Å². The summed E-state index contributed by atoms with van der Waals surface area (Å²) >= 11 is 0. The Hall–Kier alpha value is -2.37. The van der Waals surface area contributed by atoms with E-state index in [1.165, 1.54) is 62.9 Å². The van der Waals surface area contributed by atoms with Crippen molar-refractivity contribution < 1.29 is 4.79 Å². The highest BCUT2D eigenvalue weighted by atomic mass is 16.2. The lowest BCUT2D eigenvalue weighted by Gasteiger charge is -2.38. The number of fused-ring (bicyclic) bond motifs is 1. The van der Waals surface area contributed by atoms with Crippen LogP contribution in [-0.2, 0) is 24.2 Å². The van der Waals surface area contributed by atoms with Crippen LogP contribution in [0.25, 0.3) is 0 Å². The number of carbonyl (C=O) groups excluding carboxylic acids is 1. The first kappa shape index (κ1) is 24.0. The number of likely N-dealkylation sites (tertiary alicyclic amines) is 1. The van der Waals surface area contributed by atoms with Gasteiger partial charge in [-0.05, 0) is 73.9 Å². The van der Waals surface area contributed by atoms with Crippen molar-refractivity contribution >= 4 is 11.6 Å². The first-order chi connectivity index (χ1) is 17.7. The van der Waals surface area contributed by atoms with Crippen molar-refractivity contribution in [3.8, 4) is 0 Å². The molecule has 0 radical (unpaired) electrons. The van der Waals surface area contributed by atoms with Crippen molar-refractivity contribution in [1.29, 1.82) is 0 Å². The van der Waals surface area contributed by atoms with Gasteiger partial charge in [-0.15, -0.1) is 0 Å². The molecule has 4 aliphatic rings. The van der Waals surface area contributed by atoms with Crippen LogP contribution in [0.5, 0.6) is 0 Å². The average Bonchev–Trinajstić information content (AvgIpc) is 3.58. The molecule has 1 amide bonds. The fourth-order valence-corrected chi connectivity index (χ4v) is 7.07. The number of rotatable bonds is 5. The zero-order chi connectivity index (χ0) is 24.3. The Balaban J connectivity index is 1.04. The maximum Gasteiger partial charge on any atom is 0.240 e. The van der Waals surface area contributed by atoms with Gasteiger partial charge in [0.2, 0.25) is 5.91 Å². The van der Waals surface area contributed by atoms with Crippen LogP contribution in [0.2, 0.25) is 0 Å². The third-order valence-corrected chi connectivity index (χ3v) is 9.20. The van der Waals surface area contributed by atoms with Crippen LogP contribution in [-0.4, -0.2) is 78.5 Å². The van der Waals surface area contributed by atoms with Gasteiger partial charge in [-0.1, -0.05) is 49.2 Å². The van der Waals surface area contributed by atoms with Crippen LogP contribution >= 0.6 is 0 Å². The van der Waals surface area contributed by atoms with Crippen molar-refractivity contribution in [1.82, 2.24) is 14.7 Å². The quantitative estimate of drug-likeness (QED) is 0.629. The summed E-state index contributed by atoms with van der Waals surface area (Å²) in [5.74, 6) is 0.344. The molecule has 0 unspecified atom stereocenters. The molecule has 1 aliphatic carbocycles. The van der Waals surface area contributed by atoms with Crippen LogP contribution in [0.1, 0.15) is 55.2 Å². The zero-order valence-electron chi connectivity index (χ0n) is 21.8. The fraction of sp³-hybridized carbons (Fsp3) is 0.581. The summed E-state index contributed by atoms with van der Waals surface area (Å²) in [5.41, 5.74) is 5.75. The van der Waals surface area contributed by atoms with E-state index in [1.54, 1.807) is 11.1 Å². The molecule has 0 spiro atoms. The van der Waals surface area contributed by atoms with Gasteiger partial charge in [0.1, 0.15) is 0 Å². The number of benzene rings is 2. The summed E-state index contributed by atoms with van der Waals surface area (Å²) in [6.07, 6.45) is 10.1. The van der Waals surface area contributed by atoms with Crippen LogP contribution < -0.4 is 4.90 Å². The fourth-order valence-electron chi connectivity index (χ4n) is 7.07. The Morgan fingerprint density at radius 3 is 2.28 bits per heavy atom. The SMILES string of the molecule is O=C([C@H]1CCCN1Cc1ccccc1)N1CCN(c2ccc3c(c2)CCN(C2CCCC2)CC3)CC1. The Morgan fingerprint density at radius 1 is 0.750 bits per heavy atom. The topological polar surface area (TPSA) is 30.0 Å². The number of carbonyl (C=O) groups is 1. The molecule has 192 valence electrons. The molecule has 2 saturated heterocycles. The molecule has 6 rings (SSSR count). The number of amides is 1. The monoisotopic (exact) mass is 486 g/mol. The second-order valence-corrected chi connectivity index (χ2v) is 11.4. The Bertz CT molecular complexity index is 1030. The van der Waals surface area contributed by atoms with E-state index in [9.17, 15) is 4.79 Å². The minimum atomic E-state index is 0.0482. The van der Waals surface area contributed by atoms with Gasteiger partial charge in [-0.25, -0.2) is 0 Å². The molecule has 36 heavy (non-hydrogen) atoms. The molecule has 3 fully saturated rings. The minimum Gasteiger partial charge on any atom is -0.368 e. The zero-order valence-corrected chi connectivity index (χ0v) is 21.8. The molecule has 2 aromatic carbocycles. The lowest BCUT2D eigenvalue weighted by Crippen LogP contribution is -2.53. The van der Waals surface area contributed by atoms with Gasteiger partial charge in [-0.2, -0.15) is 0 Å². The van der Waals surface area contributed by atoms with Crippen molar-refractivity contribution in [3.05, 3.63) is 65.2 Å². The molecule has 5 nitrogen and oxygen atoms in total. The van der Waals surface area contributed by atoms with E-state index in [0.29, 0.717) is 5.91 Å². The number of nitrogens with zero attached hydrogens (tertiary/aromatic N) is 4. The maximum atomic E-state index is 13.5. The number of hydrogen-bond donors (Lipinski definition) is 0. The Labute approximate surface area is 217 Å². The third-order valence-electron chi connectivity index (χ3n) is 9.20. The van der Waals surface area contributed by atoms with Gasteiger partial charge in [0.25, 0.3) is 0 Å². The Kier molecular flexibility index (Phi) is 7.29. The maximum absolute atomic E-state index is 13.5. The molecule has 2 aromatic rings. The highest BCUT2D eigenvalue weighted by Crippen LogP contribution is 2.29. The van der Waals surface area contributed by atoms with Gasteiger partial charge in [0.15, 0.2) is 0 Å². The smallest absolute Gasteiger partial charge is 0.240 e.